The van der Waals surface area contributed by atoms with E-state index < -0.39 is 0 Å². The Kier molecular flexibility index (Phi) is 4.34. The Bertz CT molecular complexity index is 751. The van der Waals surface area contributed by atoms with Crippen molar-refractivity contribution in [1.82, 2.24) is 19.6 Å². The molecule has 1 amide bonds. The van der Waals surface area contributed by atoms with Crippen LogP contribution in [0.4, 0.5) is 0 Å². The molecule has 1 aromatic carbocycles. The summed E-state index contributed by atoms with van der Waals surface area (Å²) in [5.74, 6) is 0.172. The third-order valence-corrected chi connectivity index (χ3v) is 5.68. The molecule has 0 saturated carbocycles. The molecule has 5 nitrogen and oxygen atoms in total. The molecule has 0 spiro atoms. The quantitative estimate of drug-likeness (QED) is 0.864. The summed E-state index contributed by atoms with van der Waals surface area (Å²) in [7, 11) is 2.19. The van der Waals surface area contributed by atoms with E-state index >= 15 is 0 Å². The van der Waals surface area contributed by atoms with Gasteiger partial charge in [0, 0.05) is 30.4 Å². The van der Waals surface area contributed by atoms with E-state index in [2.05, 4.69) is 21.9 Å². The van der Waals surface area contributed by atoms with Gasteiger partial charge < -0.3 is 9.80 Å². The van der Waals surface area contributed by atoms with Gasteiger partial charge in [-0.05, 0) is 76.5 Å². The highest BCUT2D eigenvalue weighted by molar-refractivity contribution is 5.94. The fourth-order valence-electron chi connectivity index (χ4n) is 4.35. The molecule has 0 aliphatic carbocycles. The Hall–Kier alpha value is -2.14. The molecule has 132 valence electrons. The van der Waals surface area contributed by atoms with Gasteiger partial charge in [0.25, 0.3) is 5.91 Å². The Morgan fingerprint density at radius 1 is 1.04 bits per heavy atom. The maximum absolute atomic E-state index is 13.1. The molecule has 4 rings (SSSR count). The maximum Gasteiger partial charge on any atom is 0.254 e. The monoisotopic (exact) mass is 338 g/mol. The van der Waals surface area contributed by atoms with Crippen molar-refractivity contribution in [2.24, 2.45) is 0 Å². The van der Waals surface area contributed by atoms with Gasteiger partial charge in [0.05, 0.1) is 11.4 Å². The first-order valence-corrected chi connectivity index (χ1v) is 9.27. The van der Waals surface area contributed by atoms with Gasteiger partial charge in [-0.2, -0.15) is 5.10 Å². The summed E-state index contributed by atoms with van der Waals surface area (Å²) in [5.41, 5.74) is 2.75. The average molecular weight is 338 g/mol. The van der Waals surface area contributed by atoms with Crippen LogP contribution in [0, 0.1) is 6.92 Å². The molecular weight excluding hydrogens is 312 g/mol. The summed E-state index contributed by atoms with van der Waals surface area (Å²) in [6, 6.07) is 10.7. The van der Waals surface area contributed by atoms with Crippen molar-refractivity contribution in [3.63, 3.8) is 0 Å². The van der Waals surface area contributed by atoms with Gasteiger partial charge >= 0.3 is 0 Å². The highest BCUT2D eigenvalue weighted by atomic mass is 16.2. The topological polar surface area (TPSA) is 41.4 Å². The van der Waals surface area contributed by atoms with Gasteiger partial charge in [-0.15, -0.1) is 0 Å². The number of hydrogen-bond donors (Lipinski definition) is 0. The molecule has 2 aliphatic rings. The Morgan fingerprint density at radius 3 is 2.40 bits per heavy atom. The number of aromatic nitrogens is 2. The molecule has 0 radical (unpaired) electrons. The van der Waals surface area contributed by atoms with Crippen LogP contribution in [-0.2, 0) is 0 Å². The predicted molar refractivity (Wildman–Crippen MR) is 98.0 cm³/mol. The second kappa shape index (κ2) is 6.64. The number of nitrogens with zero attached hydrogens (tertiary/aromatic N) is 4. The minimum atomic E-state index is 0.172. The van der Waals surface area contributed by atoms with E-state index in [0.29, 0.717) is 12.1 Å². The SMILES string of the molecule is Cc1ccn(-c2ccc(C(=O)N3CCC[C@@H]3[C@@H]3CCCN3C)cc2)n1. The van der Waals surface area contributed by atoms with E-state index in [1.807, 2.05) is 48.1 Å². The average Bonchev–Trinajstić information content (AvgIpc) is 3.35. The van der Waals surface area contributed by atoms with Crippen LogP contribution in [0.5, 0.6) is 0 Å². The van der Waals surface area contributed by atoms with Crippen molar-refractivity contribution in [2.45, 2.75) is 44.7 Å². The highest BCUT2D eigenvalue weighted by Gasteiger charge is 2.38. The van der Waals surface area contributed by atoms with Crippen molar-refractivity contribution in [3.05, 3.63) is 47.8 Å². The highest BCUT2D eigenvalue weighted by Crippen LogP contribution is 2.30. The summed E-state index contributed by atoms with van der Waals surface area (Å²) in [6.07, 6.45) is 6.65. The summed E-state index contributed by atoms with van der Waals surface area (Å²) in [4.78, 5) is 17.6. The van der Waals surface area contributed by atoms with E-state index in [0.717, 1.165) is 42.9 Å². The number of aryl methyl sites for hydroxylation is 1. The molecule has 2 aromatic rings. The zero-order chi connectivity index (χ0) is 17.4. The minimum absolute atomic E-state index is 0.172. The Labute approximate surface area is 149 Å². The number of likely N-dealkylation sites (tertiary alicyclic amines) is 2. The zero-order valence-electron chi connectivity index (χ0n) is 15.1. The van der Waals surface area contributed by atoms with Crippen LogP contribution in [0.25, 0.3) is 5.69 Å². The fraction of sp³-hybridized carbons (Fsp3) is 0.500. The Balaban J connectivity index is 1.52. The van der Waals surface area contributed by atoms with Gasteiger partial charge in [-0.1, -0.05) is 0 Å². The lowest BCUT2D eigenvalue weighted by Crippen LogP contribution is -2.47. The third kappa shape index (κ3) is 3.09. The Morgan fingerprint density at radius 2 is 1.76 bits per heavy atom. The van der Waals surface area contributed by atoms with Crippen LogP contribution in [0.2, 0.25) is 0 Å². The smallest absolute Gasteiger partial charge is 0.254 e. The largest absolute Gasteiger partial charge is 0.334 e. The molecule has 2 atom stereocenters. The lowest BCUT2D eigenvalue weighted by atomic mass is 10.0. The van der Waals surface area contributed by atoms with Crippen LogP contribution in [-0.4, -0.2) is 57.7 Å². The van der Waals surface area contributed by atoms with Crippen LogP contribution < -0.4 is 0 Å². The van der Waals surface area contributed by atoms with Crippen molar-refractivity contribution in [2.75, 3.05) is 20.1 Å². The fourth-order valence-corrected chi connectivity index (χ4v) is 4.35. The molecule has 2 aliphatic heterocycles. The van der Waals surface area contributed by atoms with Gasteiger partial charge in [0.15, 0.2) is 0 Å². The molecule has 3 heterocycles. The number of carbonyl (C=O) groups is 1. The number of amides is 1. The molecule has 0 N–H and O–H groups in total. The van der Waals surface area contributed by atoms with Gasteiger partial charge in [0.1, 0.15) is 0 Å². The molecule has 0 bridgehead atoms. The summed E-state index contributed by atoms with van der Waals surface area (Å²) < 4.78 is 1.84. The number of benzene rings is 1. The summed E-state index contributed by atoms with van der Waals surface area (Å²) in [5, 5.41) is 4.42. The lowest BCUT2D eigenvalue weighted by molar-refractivity contribution is 0.0664. The lowest BCUT2D eigenvalue weighted by Gasteiger charge is -2.33. The van der Waals surface area contributed by atoms with E-state index in [1.54, 1.807) is 0 Å². The zero-order valence-corrected chi connectivity index (χ0v) is 15.1. The first-order valence-electron chi connectivity index (χ1n) is 9.27. The van der Waals surface area contributed by atoms with Crippen LogP contribution >= 0.6 is 0 Å². The van der Waals surface area contributed by atoms with Crippen LogP contribution in [0.15, 0.2) is 36.5 Å². The molecule has 1 aromatic heterocycles. The van der Waals surface area contributed by atoms with E-state index in [9.17, 15) is 4.79 Å². The van der Waals surface area contributed by atoms with Crippen molar-refractivity contribution in [1.29, 1.82) is 0 Å². The summed E-state index contributed by atoms with van der Waals surface area (Å²) >= 11 is 0. The second-order valence-corrected chi connectivity index (χ2v) is 7.35. The predicted octanol–water partition coefficient (Wildman–Crippen LogP) is 2.88. The molecule has 0 unspecified atom stereocenters. The normalized spacial score (nSPS) is 24.2. The van der Waals surface area contributed by atoms with Crippen LogP contribution in [0.1, 0.15) is 41.7 Å². The summed E-state index contributed by atoms with van der Waals surface area (Å²) in [6.45, 7) is 4.01. The maximum atomic E-state index is 13.1. The standard InChI is InChI=1S/C20H26N4O/c1-15-11-14-24(21-15)17-9-7-16(8-10-17)20(25)23-13-4-6-19(23)18-5-3-12-22(18)2/h7-11,14,18-19H,3-6,12-13H2,1-2H3/t18-,19+/m0/s1. The van der Waals surface area contributed by atoms with Gasteiger partial charge in [0.2, 0.25) is 0 Å². The van der Waals surface area contributed by atoms with Gasteiger partial charge in [-0.25, -0.2) is 4.68 Å². The first-order chi connectivity index (χ1) is 12.1. The van der Waals surface area contributed by atoms with Crippen molar-refractivity contribution < 1.29 is 4.79 Å². The van der Waals surface area contributed by atoms with Crippen LogP contribution in [0.3, 0.4) is 0 Å². The van der Waals surface area contributed by atoms with Crippen molar-refractivity contribution in [3.8, 4) is 5.69 Å². The number of rotatable bonds is 3. The first kappa shape index (κ1) is 16.3. The number of carbonyl (C=O) groups excluding carboxylic acids is 1. The molecule has 2 saturated heterocycles. The van der Waals surface area contributed by atoms with Gasteiger partial charge in [-0.3, -0.25) is 4.79 Å². The third-order valence-electron chi connectivity index (χ3n) is 5.68. The van der Waals surface area contributed by atoms with E-state index in [-0.39, 0.29) is 5.91 Å². The van der Waals surface area contributed by atoms with Crippen molar-refractivity contribution >= 4 is 5.91 Å². The number of hydrogen-bond acceptors (Lipinski definition) is 3. The van der Waals surface area contributed by atoms with E-state index in [4.69, 9.17) is 0 Å². The second-order valence-electron chi connectivity index (χ2n) is 7.35. The number of likely N-dealkylation sites (N-methyl/N-ethyl adjacent to an activating group) is 1. The molecular formula is C20H26N4O. The molecule has 2 fully saturated rings. The minimum Gasteiger partial charge on any atom is -0.334 e. The van der Waals surface area contributed by atoms with E-state index in [1.165, 1.54) is 12.8 Å². The molecule has 5 heteroatoms. The molecule has 25 heavy (non-hydrogen) atoms.